The molecule has 2 aromatic carbocycles. The molecule has 0 radical (unpaired) electrons. The van der Waals surface area contributed by atoms with Crippen molar-refractivity contribution in [1.29, 1.82) is 0 Å². The number of nitro groups is 1. The first-order valence-corrected chi connectivity index (χ1v) is 9.51. The lowest BCUT2D eigenvalue weighted by atomic mass is 10.1. The minimum atomic E-state index is -0.560. The van der Waals surface area contributed by atoms with Gasteiger partial charge in [0.2, 0.25) is 0 Å². The summed E-state index contributed by atoms with van der Waals surface area (Å²) in [5, 5.41) is 13.8. The average molecular weight is 413 g/mol. The minimum Gasteiger partial charge on any atom is -0.483 e. The Kier molecular flexibility index (Phi) is 6.63. The number of morpholine rings is 1. The number of para-hydroxylation sites is 1. The Morgan fingerprint density at radius 3 is 2.53 bits per heavy atom. The molecule has 0 saturated carbocycles. The van der Waals surface area contributed by atoms with Crippen molar-refractivity contribution >= 4 is 23.2 Å². The van der Waals surface area contributed by atoms with Crippen LogP contribution in [0.1, 0.15) is 21.5 Å². The second-order valence-corrected chi connectivity index (χ2v) is 6.95. The summed E-state index contributed by atoms with van der Waals surface area (Å²) in [7, 11) is 0. The molecule has 1 aliphatic heterocycles. The second kappa shape index (κ2) is 9.36. The van der Waals surface area contributed by atoms with E-state index in [-0.39, 0.29) is 23.0 Å². The van der Waals surface area contributed by atoms with E-state index < -0.39 is 17.4 Å². The van der Waals surface area contributed by atoms with Crippen molar-refractivity contribution in [3.05, 3.63) is 63.2 Å². The highest BCUT2D eigenvalue weighted by Gasteiger charge is 2.22. The first-order chi connectivity index (χ1) is 14.4. The van der Waals surface area contributed by atoms with Crippen molar-refractivity contribution in [2.45, 2.75) is 13.8 Å². The van der Waals surface area contributed by atoms with Gasteiger partial charge in [-0.2, -0.15) is 0 Å². The molecule has 9 heteroatoms. The molecule has 1 fully saturated rings. The number of benzene rings is 2. The highest BCUT2D eigenvalue weighted by Crippen LogP contribution is 2.28. The molecule has 0 bridgehead atoms. The summed E-state index contributed by atoms with van der Waals surface area (Å²) in [6, 6.07) is 9.65. The molecule has 0 spiro atoms. The van der Waals surface area contributed by atoms with Crippen LogP contribution in [0.3, 0.4) is 0 Å². The van der Waals surface area contributed by atoms with E-state index in [0.717, 1.165) is 11.1 Å². The monoisotopic (exact) mass is 413 g/mol. The fourth-order valence-corrected chi connectivity index (χ4v) is 3.09. The van der Waals surface area contributed by atoms with E-state index in [4.69, 9.17) is 9.47 Å². The van der Waals surface area contributed by atoms with Crippen LogP contribution in [-0.4, -0.2) is 54.5 Å². The number of ether oxygens (including phenoxy) is 2. The quantitative estimate of drug-likeness (QED) is 0.576. The van der Waals surface area contributed by atoms with Crippen LogP contribution in [0, 0.1) is 24.0 Å². The summed E-state index contributed by atoms with van der Waals surface area (Å²) in [6.07, 6.45) is 0. The highest BCUT2D eigenvalue weighted by molar-refractivity contribution is 5.97. The number of anilines is 1. The topological polar surface area (TPSA) is 111 Å². The van der Waals surface area contributed by atoms with E-state index in [0.29, 0.717) is 31.9 Å². The zero-order valence-corrected chi connectivity index (χ0v) is 16.8. The van der Waals surface area contributed by atoms with Crippen molar-refractivity contribution in [3.8, 4) is 5.75 Å². The Morgan fingerprint density at radius 2 is 1.83 bits per heavy atom. The first-order valence-electron chi connectivity index (χ1n) is 9.51. The van der Waals surface area contributed by atoms with Gasteiger partial charge in [0.15, 0.2) is 6.61 Å². The minimum absolute atomic E-state index is 0.106. The number of nitrogens with one attached hydrogen (secondary N) is 1. The fourth-order valence-electron chi connectivity index (χ4n) is 3.09. The lowest BCUT2D eigenvalue weighted by molar-refractivity contribution is -0.384. The highest BCUT2D eigenvalue weighted by atomic mass is 16.6. The standard InChI is InChI=1S/C21H23N3O6/c1-14-11-17(18(24(27)28)12-15(14)2)22-20(25)13-30-19-6-4-3-5-16(19)21(26)23-7-9-29-10-8-23/h3-6,11-12H,7-10,13H2,1-2H3,(H,22,25). The van der Waals surface area contributed by atoms with Crippen molar-refractivity contribution in [2.75, 3.05) is 38.2 Å². The Labute approximate surface area is 173 Å². The second-order valence-electron chi connectivity index (χ2n) is 6.95. The van der Waals surface area contributed by atoms with Crippen molar-refractivity contribution in [2.24, 2.45) is 0 Å². The molecule has 1 saturated heterocycles. The molecule has 0 unspecified atom stereocenters. The van der Waals surface area contributed by atoms with Gasteiger partial charge in [-0.15, -0.1) is 0 Å². The normalized spacial score (nSPS) is 13.6. The van der Waals surface area contributed by atoms with Crippen molar-refractivity contribution in [3.63, 3.8) is 0 Å². The number of amides is 2. The third-order valence-electron chi connectivity index (χ3n) is 4.86. The zero-order chi connectivity index (χ0) is 21.7. The average Bonchev–Trinajstić information content (AvgIpc) is 2.74. The summed E-state index contributed by atoms with van der Waals surface area (Å²) in [4.78, 5) is 37.5. The van der Waals surface area contributed by atoms with Crippen LogP contribution in [0.5, 0.6) is 5.75 Å². The molecule has 0 atom stereocenters. The number of carbonyl (C=O) groups is 2. The first kappa shape index (κ1) is 21.3. The van der Waals surface area contributed by atoms with Crippen LogP contribution >= 0.6 is 0 Å². The van der Waals surface area contributed by atoms with Gasteiger partial charge in [0.1, 0.15) is 11.4 Å². The molecule has 2 amide bonds. The van der Waals surface area contributed by atoms with E-state index in [9.17, 15) is 19.7 Å². The maximum absolute atomic E-state index is 12.8. The molecule has 0 aromatic heterocycles. The summed E-state index contributed by atoms with van der Waals surface area (Å²) in [6.45, 7) is 5.11. The number of rotatable bonds is 6. The smallest absolute Gasteiger partial charge is 0.293 e. The van der Waals surface area contributed by atoms with Crippen molar-refractivity contribution < 1.29 is 24.0 Å². The van der Waals surface area contributed by atoms with Crippen LogP contribution in [0.25, 0.3) is 0 Å². The van der Waals surface area contributed by atoms with E-state index in [1.165, 1.54) is 6.07 Å². The molecule has 2 aromatic rings. The number of hydrogen-bond donors (Lipinski definition) is 1. The number of carbonyl (C=O) groups excluding carboxylic acids is 2. The maximum Gasteiger partial charge on any atom is 0.293 e. The van der Waals surface area contributed by atoms with Gasteiger partial charge in [-0.25, -0.2) is 0 Å². The van der Waals surface area contributed by atoms with E-state index >= 15 is 0 Å². The number of nitro benzene ring substituents is 1. The molecule has 30 heavy (non-hydrogen) atoms. The predicted molar refractivity (Wildman–Crippen MR) is 110 cm³/mol. The van der Waals surface area contributed by atoms with Gasteiger partial charge >= 0.3 is 0 Å². The lowest BCUT2D eigenvalue weighted by Gasteiger charge is -2.27. The third kappa shape index (κ3) is 4.93. The maximum atomic E-state index is 12.8. The molecule has 1 N–H and O–H groups in total. The Bertz CT molecular complexity index is 969. The largest absolute Gasteiger partial charge is 0.483 e. The Balaban J connectivity index is 1.69. The summed E-state index contributed by atoms with van der Waals surface area (Å²) in [5.74, 6) is -0.479. The predicted octanol–water partition coefficient (Wildman–Crippen LogP) is 2.70. The molecule has 1 heterocycles. The van der Waals surface area contributed by atoms with Gasteiger partial charge in [-0.05, 0) is 43.2 Å². The molecule has 9 nitrogen and oxygen atoms in total. The molecule has 0 aliphatic carbocycles. The Hall–Kier alpha value is -3.46. The van der Waals surface area contributed by atoms with Crippen molar-refractivity contribution in [1.82, 2.24) is 4.90 Å². The van der Waals surface area contributed by atoms with Crippen LogP contribution < -0.4 is 10.1 Å². The number of aryl methyl sites for hydroxylation is 2. The van der Waals surface area contributed by atoms with Crippen LogP contribution in [0.2, 0.25) is 0 Å². The van der Waals surface area contributed by atoms with Crippen LogP contribution in [0.4, 0.5) is 11.4 Å². The molecular weight excluding hydrogens is 390 g/mol. The fraction of sp³-hybridized carbons (Fsp3) is 0.333. The molecule has 3 rings (SSSR count). The van der Waals surface area contributed by atoms with Gasteiger partial charge in [-0.3, -0.25) is 19.7 Å². The van der Waals surface area contributed by atoms with E-state index in [1.807, 2.05) is 0 Å². The lowest BCUT2D eigenvalue weighted by Crippen LogP contribution is -2.40. The van der Waals surface area contributed by atoms with Crippen LogP contribution in [0.15, 0.2) is 36.4 Å². The van der Waals surface area contributed by atoms with E-state index in [2.05, 4.69) is 5.32 Å². The Morgan fingerprint density at radius 1 is 1.17 bits per heavy atom. The number of hydrogen-bond acceptors (Lipinski definition) is 6. The van der Waals surface area contributed by atoms with Gasteiger partial charge in [-0.1, -0.05) is 12.1 Å². The zero-order valence-electron chi connectivity index (χ0n) is 16.8. The molecule has 1 aliphatic rings. The SMILES string of the molecule is Cc1cc(NC(=O)COc2ccccc2C(=O)N2CCOCC2)c([N+](=O)[O-])cc1C. The van der Waals surface area contributed by atoms with Gasteiger partial charge < -0.3 is 19.7 Å². The van der Waals surface area contributed by atoms with Gasteiger partial charge in [0.25, 0.3) is 17.5 Å². The van der Waals surface area contributed by atoms with E-state index in [1.54, 1.807) is 49.1 Å². The summed E-state index contributed by atoms with van der Waals surface area (Å²) >= 11 is 0. The third-order valence-corrected chi connectivity index (χ3v) is 4.86. The van der Waals surface area contributed by atoms with Crippen LogP contribution in [-0.2, 0) is 9.53 Å². The molecule has 158 valence electrons. The summed E-state index contributed by atoms with van der Waals surface area (Å²) in [5.41, 5.74) is 1.85. The van der Waals surface area contributed by atoms with Gasteiger partial charge in [0, 0.05) is 19.2 Å². The van der Waals surface area contributed by atoms with Gasteiger partial charge in [0.05, 0.1) is 23.7 Å². The summed E-state index contributed by atoms with van der Waals surface area (Å²) < 4.78 is 10.8. The molecular formula is C21H23N3O6. The number of nitrogens with zero attached hydrogens (tertiary/aromatic N) is 2.